The maximum atomic E-state index is 13.4. The van der Waals surface area contributed by atoms with Crippen LogP contribution in [-0.2, 0) is 16.4 Å². The number of hydrogen-bond acceptors (Lipinski definition) is 4. The Morgan fingerprint density at radius 3 is 2.68 bits per heavy atom. The lowest BCUT2D eigenvalue weighted by Gasteiger charge is -2.24. The Balaban J connectivity index is 1.45. The van der Waals surface area contributed by atoms with E-state index < -0.39 is 15.9 Å². The highest BCUT2D eigenvalue weighted by Crippen LogP contribution is 2.36. The van der Waals surface area contributed by atoms with Crippen LogP contribution in [0.1, 0.15) is 22.8 Å². The lowest BCUT2D eigenvalue weighted by atomic mass is 10.1. The van der Waals surface area contributed by atoms with Crippen molar-refractivity contribution in [3.8, 4) is 0 Å². The number of imidazole rings is 1. The predicted octanol–water partition coefficient (Wildman–Crippen LogP) is 3.96. The average Bonchev–Trinajstić information content (AvgIpc) is 3.33. The molecule has 2 N–H and O–H groups in total. The van der Waals surface area contributed by atoms with Gasteiger partial charge in [0, 0.05) is 11.6 Å². The molecule has 0 spiro atoms. The normalized spacial score (nSPS) is 15.8. The standard InChI is InChI=1S/C23H20N4O3S/c1-15-13-16-7-2-5-12-21(16)27(15)31(29,30)18-9-6-8-17(14-18)22(28)26-23-24-19-10-3-4-11-20(19)25-23/h2-12,14-15H,13H2,1H3,(H2,24,25,26,28)/t15-/m1/s1. The molecule has 3 aromatic carbocycles. The van der Waals surface area contributed by atoms with Crippen molar-refractivity contribution in [2.45, 2.75) is 24.3 Å². The van der Waals surface area contributed by atoms with Crippen molar-refractivity contribution in [1.29, 1.82) is 0 Å². The fraction of sp³-hybridized carbons (Fsp3) is 0.130. The molecule has 0 saturated heterocycles. The number of H-pyrrole nitrogens is 1. The Hall–Kier alpha value is -3.65. The smallest absolute Gasteiger partial charge is 0.264 e. The Labute approximate surface area is 179 Å². The van der Waals surface area contributed by atoms with Crippen LogP contribution in [0.15, 0.2) is 77.7 Å². The van der Waals surface area contributed by atoms with E-state index in [1.807, 2.05) is 55.5 Å². The van der Waals surface area contributed by atoms with E-state index >= 15 is 0 Å². The van der Waals surface area contributed by atoms with Crippen LogP contribution in [0.2, 0.25) is 0 Å². The largest absolute Gasteiger partial charge is 0.324 e. The Morgan fingerprint density at radius 1 is 1.06 bits per heavy atom. The molecule has 0 radical (unpaired) electrons. The maximum Gasteiger partial charge on any atom is 0.264 e. The van der Waals surface area contributed by atoms with E-state index in [-0.39, 0.29) is 16.5 Å². The van der Waals surface area contributed by atoms with Crippen molar-refractivity contribution in [1.82, 2.24) is 9.97 Å². The van der Waals surface area contributed by atoms with Gasteiger partial charge in [0.1, 0.15) is 0 Å². The molecular weight excluding hydrogens is 412 g/mol. The number of sulfonamides is 1. The first kappa shape index (κ1) is 19.3. The summed E-state index contributed by atoms with van der Waals surface area (Å²) in [5.74, 6) is -0.132. The molecule has 1 aliphatic rings. The molecule has 5 rings (SSSR count). The summed E-state index contributed by atoms with van der Waals surface area (Å²) in [4.78, 5) is 20.2. The molecule has 0 fully saturated rings. The molecule has 0 bridgehead atoms. The number of rotatable bonds is 4. The van der Waals surface area contributed by atoms with Gasteiger partial charge in [0.05, 0.1) is 21.6 Å². The zero-order chi connectivity index (χ0) is 21.6. The van der Waals surface area contributed by atoms with Crippen LogP contribution in [0.3, 0.4) is 0 Å². The maximum absolute atomic E-state index is 13.4. The first-order valence-corrected chi connectivity index (χ1v) is 11.4. The number of para-hydroxylation sites is 3. The number of hydrogen-bond donors (Lipinski definition) is 2. The number of nitrogens with one attached hydrogen (secondary N) is 2. The number of aromatic nitrogens is 2. The van der Waals surface area contributed by atoms with E-state index in [9.17, 15) is 13.2 Å². The summed E-state index contributed by atoms with van der Waals surface area (Å²) in [5, 5.41) is 2.71. The summed E-state index contributed by atoms with van der Waals surface area (Å²) in [7, 11) is -3.82. The van der Waals surface area contributed by atoms with Gasteiger partial charge in [-0.2, -0.15) is 0 Å². The minimum absolute atomic E-state index is 0.0771. The third-order valence-electron chi connectivity index (χ3n) is 5.42. The summed E-state index contributed by atoms with van der Waals surface area (Å²) < 4.78 is 28.3. The van der Waals surface area contributed by atoms with Crippen LogP contribution in [0, 0.1) is 0 Å². The second kappa shape index (κ2) is 7.24. The number of aromatic amines is 1. The second-order valence-electron chi connectivity index (χ2n) is 7.57. The molecule has 0 saturated carbocycles. The van der Waals surface area contributed by atoms with E-state index in [0.717, 1.165) is 16.6 Å². The molecule has 156 valence electrons. The van der Waals surface area contributed by atoms with E-state index in [1.165, 1.54) is 16.4 Å². The highest BCUT2D eigenvalue weighted by molar-refractivity contribution is 7.92. The van der Waals surface area contributed by atoms with Crippen molar-refractivity contribution in [2.75, 3.05) is 9.62 Å². The quantitative estimate of drug-likeness (QED) is 0.510. The zero-order valence-electron chi connectivity index (χ0n) is 16.7. The number of anilines is 2. The number of fused-ring (bicyclic) bond motifs is 2. The summed E-state index contributed by atoms with van der Waals surface area (Å²) in [6.45, 7) is 1.88. The average molecular weight is 433 g/mol. The monoisotopic (exact) mass is 432 g/mol. The van der Waals surface area contributed by atoms with Gasteiger partial charge in [-0.3, -0.25) is 14.4 Å². The fourth-order valence-electron chi connectivity index (χ4n) is 4.01. The van der Waals surface area contributed by atoms with Crippen LogP contribution < -0.4 is 9.62 Å². The van der Waals surface area contributed by atoms with Crippen LogP contribution in [-0.4, -0.2) is 30.3 Å². The summed E-state index contributed by atoms with van der Waals surface area (Å²) in [5.41, 5.74) is 3.46. The summed E-state index contributed by atoms with van der Waals surface area (Å²) in [6.07, 6.45) is 0.654. The molecule has 31 heavy (non-hydrogen) atoms. The van der Waals surface area contributed by atoms with E-state index in [0.29, 0.717) is 18.1 Å². The van der Waals surface area contributed by atoms with Gasteiger partial charge in [0.25, 0.3) is 15.9 Å². The molecule has 4 aromatic rings. The minimum Gasteiger partial charge on any atom is -0.324 e. The topological polar surface area (TPSA) is 95.2 Å². The van der Waals surface area contributed by atoms with Gasteiger partial charge in [-0.15, -0.1) is 0 Å². The molecular formula is C23H20N4O3S. The highest BCUT2D eigenvalue weighted by atomic mass is 32.2. The molecule has 8 heteroatoms. The number of carbonyl (C=O) groups excluding carboxylic acids is 1. The number of carbonyl (C=O) groups is 1. The number of benzene rings is 3. The second-order valence-corrected chi connectivity index (χ2v) is 9.38. The van der Waals surface area contributed by atoms with Crippen LogP contribution >= 0.6 is 0 Å². The number of amides is 1. The molecule has 0 aliphatic carbocycles. The minimum atomic E-state index is -3.82. The van der Waals surface area contributed by atoms with Crippen molar-refractivity contribution < 1.29 is 13.2 Å². The SMILES string of the molecule is C[C@@H]1Cc2ccccc2N1S(=O)(=O)c1cccc(C(=O)Nc2nc3ccccc3[nH]2)c1. The van der Waals surface area contributed by atoms with Crippen molar-refractivity contribution in [3.05, 3.63) is 83.9 Å². The van der Waals surface area contributed by atoms with Crippen molar-refractivity contribution in [2.24, 2.45) is 0 Å². The van der Waals surface area contributed by atoms with Crippen molar-refractivity contribution >= 4 is 38.6 Å². The van der Waals surface area contributed by atoms with E-state index in [2.05, 4.69) is 15.3 Å². The lowest BCUT2D eigenvalue weighted by molar-refractivity contribution is 0.102. The predicted molar refractivity (Wildman–Crippen MR) is 120 cm³/mol. The fourth-order valence-corrected chi connectivity index (χ4v) is 5.75. The molecule has 2 heterocycles. The first-order chi connectivity index (χ1) is 14.9. The molecule has 1 atom stereocenters. The Morgan fingerprint density at radius 2 is 1.84 bits per heavy atom. The molecule has 1 amide bonds. The highest BCUT2D eigenvalue weighted by Gasteiger charge is 2.36. The Bertz CT molecular complexity index is 1380. The van der Waals surface area contributed by atoms with E-state index in [1.54, 1.807) is 12.1 Å². The van der Waals surface area contributed by atoms with Gasteiger partial charge in [-0.05, 0) is 55.3 Å². The zero-order valence-corrected chi connectivity index (χ0v) is 17.6. The van der Waals surface area contributed by atoms with Crippen LogP contribution in [0.4, 0.5) is 11.6 Å². The van der Waals surface area contributed by atoms with Gasteiger partial charge >= 0.3 is 0 Å². The molecule has 0 unspecified atom stereocenters. The Kier molecular flexibility index (Phi) is 4.51. The summed E-state index contributed by atoms with van der Waals surface area (Å²) in [6, 6.07) is 20.8. The van der Waals surface area contributed by atoms with Gasteiger partial charge in [0.15, 0.2) is 0 Å². The third kappa shape index (κ3) is 3.34. The molecule has 1 aromatic heterocycles. The van der Waals surface area contributed by atoms with Crippen LogP contribution in [0.5, 0.6) is 0 Å². The third-order valence-corrected chi connectivity index (χ3v) is 7.34. The van der Waals surface area contributed by atoms with Crippen LogP contribution in [0.25, 0.3) is 11.0 Å². The van der Waals surface area contributed by atoms with Gasteiger partial charge in [-0.1, -0.05) is 36.4 Å². The van der Waals surface area contributed by atoms with E-state index in [4.69, 9.17) is 0 Å². The molecule has 1 aliphatic heterocycles. The number of nitrogens with zero attached hydrogens (tertiary/aromatic N) is 2. The van der Waals surface area contributed by atoms with Gasteiger partial charge in [0.2, 0.25) is 5.95 Å². The van der Waals surface area contributed by atoms with Gasteiger partial charge in [-0.25, -0.2) is 13.4 Å². The first-order valence-electron chi connectivity index (χ1n) is 9.92. The lowest BCUT2D eigenvalue weighted by Crippen LogP contribution is -2.35. The van der Waals surface area contributed by atoms with Crippen molar-refractivity contribution in [3.63, 3.8) is 0 Å². The molecule has 7 nitrogen and oxygen atoms in total. The summed E-state index contributed by atoms with van der Waals surface area (Å²) >= 11 is 0. The van der Waals surface area contributed by atoms with Gasteiger partial charge < -0.3 is 4.98 Å².